The first-order valence-electron chi connectivity index (χ1n) is 7.90. The summed E-state index contributed by atoms with van der Waals surface area (Å²) in [6.45, 7) is 0. The summed E-state index contributed by atoms with van der Waals surface area (Å²) in [7, 11) is 3.58. The molecular formula is C18H18N6O. The van der Waals surface area contributed by atoms with Gasteiger partial charge in [-0.25, -0.2) is 9.97 Å². The van der Waals surface area contributed by atoms with Gasteiger partial charge in [-0.2, -0.15) is 5.10 Å². The lowest BCUT2D eigenvalue weighted by atomic mass is 10.0. The highest BCUT2D eigenvalue weighted by Crippen LogP contribution is 2.33. The molecule has 0 bridgehead atoms. The van der Waals surface area contributed by atoms with E-state index in [-0.39, 0.29) is 6.04 Å². The molecule has 7 nitrogen and oxygen atoms in total. The maximum atomic E-state index is 5.38. The number of hydrogen-bond acceptors (Lipinski definition) is 5. The molecule has 0 aliphatic carbocycles. The second-order valence-corrected chi connectivity index (χ2v) is 5.77. The average molecular weight is 334 g/mol. The summed E-state index contributed by atoms with van der Waals surface area (Å²) < 4.78 is 7.17. The lowest BCUT2D eigenvalue weighted by molar-refractivity contribution is 0.415. The van der Waals surface area contributed by atoms with Crippen molar-refractivity contribution in [3.8, 4) is 5.75 Å². The van der Waals surface area contributed by atoms with Gasteiger partial charge >= 0.3 is 0 Å². The summed E-state index contributed by atoms with van der Waals surface area (Å²) in [5.41, 5.74) is 3.19. The van der Waals surface area contributed by atoms with E-state index >= 15 is 0 Å². The standard InChI is InChI=1S/C18H18N6O/c1-24-10-12(8-22-24)18(23-17-5-6-19-11-21-17)15-9-20-16-4-3-13(25-2)7-14(15)16/h3-11,18,20H,1-2H3,(H,19,21,23). The van der Waals surface area contributed by atoms with Crippen molar-refractivity contribution in [1.29, 1.82) is 0 Å². The van der Waals surface area contributed by atoms with E-state index in [0.717, 1.165) is 33.6 Å². The molecule has 4 aromatic rings. The molecule has 4 rings (SSSR count). The summed E-state index contributed by atoms with van der Waals surface area (Å²) >= 11 is 0. The predicted molar refractivity (Wildman–Crippen MR) is 95.6 cm³/mol. The highest BCUT2D eigenvalue weighted by molar-refractivity contribution is 5.86. The van der Waals surface area contributed by atoms with E-state index in [9.17, 15) is 0 Å². The Morgan fingerprint density at radius 2 is 2.20 bits per heavy atom. The number of nitrogens with one attached hydrogen (secondary N) is 2. The Labute approximate surface area is 144 Å². The monoisotopic (exact) mass is 334 g/mol. The first kappa shape index (κ1) is 15.2. The van der Waals surface area contributed by atoms with Crippen LogP contribution in [0.5, 0.6) is 5.75 Å². The largest absolute Gasteiger partial charge is 0.497 e. The molecule has 0 radical (unpaired) electrons. The third-order valence-electron chi connectivity index (χ3n) is 4.16. The van der Waals surface area contributed by atoms with Gasteiger partial charge < -0.3 is 15.0 Å². The van der Waals surface area contributed by atoms with Gasteiger partial charge in [-0.3, -0.25) is 4.68 Å². The van der Waals surface area contributed by atoms with Crippen LogP contribution in [0.25, 0.3) is 10.9 Å². The number of anilines is 1. The molecule has 3 heterocycles. The zero-order valence-electron chi connectivity index (χ0n) is 14.0. The van der Waals surface area contributed by atoms with Crippen LogP contribution in [0.1, 0.15) is 17.2 Å². The normalized spacial score (nSPS) is 12.2. The second kappa shape index (κ2) is 6.27. The molecule has 0 spiro atoms. The zero-order valence-corrected chi connectivity index (χ0v) is 14.0. The zero-order chi connectivity index (χ0) is 17.2. The predicted octanol–water partition coefficient (Wildman–Crippen LogP) is 2.90. The number of aromatic amines is 1. The Morgan fingerprint density at radius 1 is 1.28 bits per heavy atom. The van der Waals surface area contributed by atoms with Crippen LogP contribution in [0.2, 0.25) is 0 Å². The average Bonchev–Trinajstić information content (AvgIpc) is 3.26. The maximum Gasteiger partial charge on any atom is 0.130 e. The van der Waals surface area contributed by atoms with Gasteiger partial charge in [0.15, 0.2) is 0 Å². The van der Waals surface area contributed by atoms with E-state index in [4.69, 9.17) is 4.74 Å². The van der Waals surface area contributed by atoms with Crippen LogP contribution < -0.4 is 10.1 Å². The van der Waals surface area contributed by atoms with E-state index < -0.39 is 0 Å². The fourth-order valence-electron chi connectivity index (χ4n) is 2.94. The molecule has 0 aliphatic rings. The van der Waals surface area contributed by atoms with Gasteiger partial charge in [-0.05, 0) is 24.3 Å². The van der Waals surface area contributed by atoms with Crippen molar-refractivity contribution in [3.63, 3.8) is 0 Å². The van der Waals surface area contributed by atoms with Gasteiger partial charge in [0.05, 0.1) is 19.3 Å². The van der Waals surface area contributed by atoms with E-state index in [1.807, 2.05) is 49.9 Å². The van der Waals surface area contributed by atoms with E-state index in [1.165, 1.54) is 6.33 Å². The van der Waals surface area contributed by atoms with Crippen molar-refractivity contribution in [1.82, 2.24) is 24.7 Å². The smallest absolute Gasteiger partial charge is 0.130 e. The molecule has 7 heteroatoms. The molecule has 0 fully saturated rings. The van der Waals surface area contributed by atoms with E-state index in [1.54, 1.807) is 18.0 Å². The molecule has 126 valence electrons. The Morgan fingerprint density at radius 3 is 2.92 bits per heavy atom. The topological polar surface area (TPSA) is 80.7 Å². The van der Waals surface area contributed by atoms with Crippen molar-refractivity contribution >= 4 is 16.7 Å². The fraction of sp³-hybridized carbons (Fsp3) is 0.167. The van der Waals surface area contributed by atoms with E-state index in [2.05, 4.69) is 25.4 Å². The molecule has 0 amide bonds. The maximum absolute atomic E-state index is 5.38. The molecule has 3 aromatic heterocycles. The number of methoxy groups -OCH3 is 1. The van der Waals surface area contributed by atoms with E-state index in [0.29, 0.717) is 0 Å². The molecule has 0 saturated heterocycles. The van der Waals surface area contributed by atoms with Gasteiger partial charge in [0.25, 0.3) is 0 Å². The molecule has 1 atom stereocenters. The fourth-order valence-corrected chi connectivity index (χ4v) is 2.94. The van der Waals surface area contributed by atoms with Crippen molar-refractivity contribution in [2.45, 2.75) is 6.04 Å². The van der Waals surface area contributed by atoms with Gasteiger partial charge in [0, 0.05) is 47.7 Å². The van der Waals surface area contributed by atoms with Crippen molar-refractivity contribution < 1.29 is 4.74 Å². The summed E-state index contributed by atoms with van der Waals surface area (Å²) in [6.07, 6.45) is 9.11. The molecular weight excluding hydrogens is 316 g/mol. The van der Waals surface area contributed by atoms with Crippen LogP contribution in [0.3, 0.4) is 0 Å². The molecule has 1 aromatic carbocycles. The van der Waals surface area contributed by atoms with Crippen LogP contribution in [-0.4, -0.2) is 31.8 Å². The third-order valence-corrected chi connectivity index (χ3v) is 4.16. The summed E-state index contributed by atoms with van der Waals surface area (Å²) in [6, 6.07) is 7.73. The number of nitrogens with zero attached hydrogens (tertiary/aromatic N) is 4. The SMILES string of the molecule is COc1ccc2[nH]cc(C(Nc3ccncn3)c3cnn(C)c3)c2c1. The first-order valence-corrected chi connectivity index (χ1v) is 7.90. The molecule has 25 heavy (non-hydrogen) atoms. The number of fused-ring (bicyclic) bond motifs is 1. The summed E-state index contributed by atoms with van der Waals surface area (Å²) in [5.74, 6) is 1.57. The van der Waals surface area contributed by atoms with Crippen LogP contribution in [0, 0.1) is 0 Å². The quantitative estimate of drug-likeness (QED) is 0.586. The number of H-pyrrole nitrogens is 1. The minimum Gasteiger partial charge on any atom is -0.497 e. The van der Waals surface area contributed by atoms with Crippen molar-refractivity contribution in [2.75, 3.05) is 12.4 Å². The van der Waals surface area contributed by atoms with Crippen LogP contribution in [0.4, 0.5) is 5.82 Å². The Bertz CT molecular complexity index is 991. The molecule has 0 aliphatic heterocycles. The Kier molecular flexibility index (Phi) is 3.81. The summed E-state index contributed by atoms with van der Waals surface area (Å²) in [5, 5.41) is 8.88. The summed E-state index contributed by atoms with van der Waals surface area (Å²) in [4.78, 5) is 11.6. The number of benzene rings is 1. The minimum absolute atomic E-state index is 0.107. The van der Waals surface area contributed by atoms with Crippen molar-refractivity contribution in [3.05, 3.63) is 66.5 Å². The lowest BCUT2D eigenvalue weighted by Crippen LogP contribution is -2.12. The highest BCUT2D eigenvalue weighted by Gasteiger charge is 2.20. The number of aromatic nitrogens is 5. The number of aryl methyl sites for hydroxylation is 1. The van der Waals surface area contributed by atoms with Crippen LogP contribution >= 0.6 is 0 Å². The number of hydrogen-bond donors (Lipinski definition) is 2. The van der Waals surface area contributed by atoms with Crippen molar-refractivity contribution in [2.24, 2.45) is 7.05 Å². The van der Waals surface area contributed by atoms with Gasteiger partial charge in [-0.15, -0.1) is 0 Å². The minimum atomic E-state index is -0.107. The third kappa shape index (κ3) is 2.91. The first-order chi connectivity index (χ1) is 12.2. The van der Waals surface area contributed by atoms with Gasteiger partial charge in [0.2, 0.25) is 0 Å². The lowest BCUT2D eigenvalue weighted by Gasteiger charge is -2.18. The highest BCUT2D eigenvalue weighted by atomic mass is 16.5. The van der Waals surface area contributed by atoms with Crippen LogP contribution in [-0.2, 0) is 7.05 Å². The molecule has 1 unspecified atom stereocenters. The van der Waals surface area contributed by atoms with Gasteiger partial charge in [0.1, 0.15) is 17.9 Å². The second-order valence-electron chi connectivity index (χ2n) is 5.77. The number of rotatable bonds is 5. The Hall–Kier alpha value is -3.35. The van der Waals surface area contributed by atoms with Crippen LogP contribution in [0.15, 0.2) is 55.4 Å². The molecule has 0 saturated carbocycles. The Balaban J connectivity index is 1.83. The molecule has 2 N–H and O–H groups in total. The van der Waals surface area contributed by atoms with Gasteiger partial charge in [-0.1, -0.05) is 0 Å². The number of ether oxygens (including phenoxy) is 1.